The van der Waals surface area contributed by atoms with Gasteiger partial charge in [-0.1, -0.05) is 30.3 Å². The van der Waals surface area contributed by atoms with Crippen molar-refractivity contribution >= 4 is 17.3 Å². The summed E-state index contributed by atoms with van der Waals surface area (Å²) in [4.78, 5) is 11.8. The monoisotopic (exact) mass is 288 g/mol. The number of rotatable bonds is 4. The smallest absolute Gasteiger partial charge is 0.266 e. The molecule has 0 spiro atoms. The highest BCUT2D eigenvalue weighted by Crippen LogP contribution is 2.13. The highest BCUT2D eigenvalue weighted by Gasteiger charge is 2.03. The van der Waals surface area contributed by atoms with Crippen molar-refractivity contribution in [3.05, 3.63) is 52.8 Å². The molecule has 6 heteroatoms. The normalized spacial score (nSPS) is 10.1. The second kappa shape index (κ2) is 6.81. The average Bonchev–Trinajstić information content (AvgIpc) is 2.49. The molecule has 0 bridgehead atoms. The summed E-state index contributed by atoms with van der Waals surface area (Å²) in [7, 11) is 1.75. The number of hydrogen-bond acceptors (Lipinski definition) is 3. The predicted octanol–water partition coefficient (Wildman–Crippen LogP) is 1.00. The molecule has 2 rings (SSSR count). The largest absolute Gasteiger partial charge is 0.366 e. The van der Waals surface area contributed by atoms with Crippen LogP contribution in [0.2, 0.25) is 0 Å². The van der Waals surface area contributed by atoms with E-state index < -0.39 is 0 Å². The van der Waals surface area contributed by atoms with Gasteiger partial charge in [0.2, 0.25) is 0 Å². The van der Waals surface area contributed by atoms with E-state index in [9.17, 15) is 4.79 Å². The van der Waals surface area contributed by atoms with Crippen molar-refractivity contribution in [2.75, 3.05) is 13.6 Å². The third-order valence-corrected chi connectivity index (χ3v) is 3.12. The van der Waals surface area contributed by atoms with Crippen molar-refractivity contribution in [2.45, 2.75) is 6.54 Å². The van der Waals surface area contributed by atoms with Gasteiger partial charge in [0.15, 0.2) is 5.11 Å². The second-order valence-corrected chi connectivity index (χ2v) is 4.56. The van der Waals surface area contributed by atoms with Crippen molar-refractivity contribution < 1.29 is 0 Å². The molecule has 2 N–H and O–H groups in total. The number of hydrogen-bond donors (Lipinski definition) is 2. The number of aromatic nitrogens is 2. The van der Waals surface area contributed by atoms with Crippen LogP contribution in [0.1, 0.15) is 0 Å². The molecule has 2 aromatic rings. The Kier molecular flexibility index (Phi) is 4.84. The molecule has 5 nitrogen and oxygen atoms in total. The molecule has 0 amide bonds. The summed E-state index contributed by atoms with van der Waals surface area (Å²) in [6.07, 6.45) is 0. The van der Waals surface area contributed by atoms with Gasteiger partial charge in [-0.2, -0.15) is 5.10 Å². The van der Waals surface area contributed by atoms with E-state index >= 15 is 0 Å². The first-order valence-electron chi connectivity index (χ1n) is 6.30. The van der Waals surface area contributed by atoms with Gasteiger partial charge >= 0.3 is 0 Å². The summed E-state index contributed by atoms with van der Waals surface area (Å²) in [6, 6.07) is 13.0. The number of benzene rings is 1. The highest BCUT2D eigenvalue weighted by molar-refractivity contribution is 7.80. The van der Waals surface area contributed by atoms with Gasteiger partial charge in [-0.25, -0.2) is 4.68 Å². The van der Waals surface area contributed by atoms with E-state index in [1.54, 1.807) is 13.1 Å². The average molecular weight is 288 g/mol. The van der Waals surface area contributed by atoms with Gasteiger partial charge < -0.3 is 10.6 Å². The van der Waals surface area contributed by atoms with Crippen LogP contribution >= 0.6 is 12.2 Å². The summed E-state index contributed by atoms with van der Waals surface area (Å²) < 4.78 is 1.44. The van der Waals surface area contributed by atoms with Crippen LogP contribution in [0.4, 0.5) is 0 Å². The molecule has 0 atom stereocenters. The molecule has 1 aromatic carbocycles. The standard InChI is InChI=1S/C14H16N4OS/c1-15-14(20)16-9-10-18-13(19)8-7-12(17-18)11-5-3-2-4-6-11/h2-8H,9-10H2,1H3,(H2,15,16,20). The van der Waals surface area contributed by atoms with Crippen LogP contribution in [0.25, 0.3) is 11.3 Å². The Morgan fingerprint density at radius 1 is 1.25 bits per heavy atom. The minimum atomic E-state index is -0.123. The first-order chi connectivity index (χ1) is 9.70. The molecule has 20 heavy (non-hydrogen) atoms. The van der Waals surface area contributed by atoms with Gasteiger partial charge in [-0.15, -0.1) is 0 Å². The fraction of sp³-hybridized carbons (Fsp3) is 0.214. The molecule has 0 saturated carbocycles. The summed E-state index contributed by atoms with van der Waals surface area (Å²) in [5, 5.41) is 10.7. The lowest BCUT2D eigenvalue weighted by Crippen LogP contribution is -2.36. The Morgan fingerprint density at radius 3 is 2.70 bits per heavy atom. The van der Waals surface area contributed by atoms with Crippen molar-refractivity contribution in [3.63, 3.8) is 0 Å². The number of nitrogens with one attached hydrogen (secondary N) is 2. The Hall–Kier alpha value is -2.21. The minimum Gasteiger partial charge on any atom is -0.366 e. The molecular weight excluding hydrogens is 272 g/mol. The molecule has 1 aromatic heterocycles. The van der Waals surface area contributed by atoms with E-state index in [0.717, 1.165) is 11.3 Å². The van der Waals surface area contributed by atoms with Crippen LogP contribution < -0.4 is 16.2 Å². The molecule has 0 aliphatic heterocycles. The Morgan fingerprint density at radius 2 is 2.00 bits per heavy atom. The maximum atomic E-state index is 11.8. The van der Waals surface area contributed by atoms with Gasteiger partial charge in [0.25, 0.3) is 5.56 Å². The molecule has 0 radical (unpaired) electrons. The zero-order valence-corrected chi connectivity index (χ0v) is 12.0. The van der Waals surface area contributed by atoms with Crippen LogP contribution in [-0.2, 0) is 6.54 Å². The lowest BCUT2D eigenvalue weighted by molar-refractivity contribution is 0.571. The SMILES string of the molecule is CNC(=S)NCCn1nc(-c2ccccc2)ccc1=O. The zero-order chi connectivity index (χ0) is 14.4. The Bertz CT molecular complexity index is 639. The lowest BCUT2D eigenvalue weighted by Gasteiger charge is -2.09. The van der Waals surface area contributed by atoms with Crippen LogP contribution in [-0.4, -0.2) is 28.5 Å². The fourth-order valence-electron chi connectivity index (χ4n) is 1.74. The third-order valence-electron chi connectivity index (χ3n) is 2.77. The quantitative estimate of drug-likeness (QED) is 0.822. The van der Waals surface area contributed by atoms with E-state index in [4.69, 9.17) is 12.2 Å². The maximum absolute atomic E-state index is 11.8. The molecule has 1 heterocycles. The number of nitrogens with zero attached hydrogens (tertiary/aromatic N) is 2. The van der Waals surface area contributed by atoms with E-state index in [1.165, 1.54) is 10.7 Å². The minimum absolute atomic E-state index is 0.123. The van der Waals surface area contributed by atoms with Crippen LogP contribution in [0.15, 0.2) is 47.3 Å². The molecule has 0 saturated heterocycles. The first kappa shape index (κ1) is 14.2. The number of thiocarbonyl (C=S) groups is 1. The maximum Gasteiger partial charge on any atom is 0.266 e. The summed E-state index contributed by atoms with van der Waals surface area (Å²) in [6.45, 7) is 1.01. The van der Waals surface area contributed by atoms with E-state index in [1.807, 2.05) is 30.3 Å². The highest BCUT2D eigenvalue weighted by atomic mass is 32.1. The summed E-state index contributed by atoms with van der Waals surface area (Å²) in [5.41, 5.74) is 1.64. The Labute approximate surface area is 122 Å². The van der Waals surface area contributed by atoms with E-state index in [2.05, 4.69) is 15.7 Å². The van der Waals surface area contributed by atoms with Gasteiger partial charge in [0.1, 0.15) is 0 Å². The molecule has 0 unspecified atom stereocenters. The van der Waals surface area contributed by atoms with Gasteiger partial charge in [0, 0.05) is 25.2 Å². The fourth-order valence-corrected chi connectivity index (χ4v) is 1.84. The predicted molar refractivity (Wildman–Crippen MR) is 83.6 cm³/mol. The van der Waals surface area contributed by atoms with Gasteiger partial charge in [-0.3, -0.25) is 4.79 Å². The van der Waals surface area contributed by atoms with E-state index in [0.29, 0.717) is 18.2 Å². The van der Waals surface area contributed by atoms with Gasteiger partial charge in [-0.05, 0) is 18.3 Å². The van der Waals surface area contributed by atoms with Crippen LogP contribution in [0, 0.1) is 0 Å². The zero-order valence-electron chi connectivity index (χ0n) is 11.2. The van der Waals surface area contributed by atoms with Crippen molar-refractivity contribution in [2.24, 2.45) is 0 Å². The Balaban J connectivity index is 2.13. The molecular formula is C14H16N4OS. The first-order valence-corrected chi connectivity index (χ1v) is 6.70. The molecule has 0 aliphatic carbocycles. The van der Waals surface area contributed by atoms with Crippen molar-refractivity contribution in [3.8, 4) is 11.3 Å². The third kappa shape index (κ3) is 3.64. The topological polar surface area (TPSA) is 58.9 Å². The van der Waals surface area contributed by atoms with Crippen molar-refractivity contribution in [1.82, 2.24) is 20.4 Å². The van der Waals surface area contributed by atoms with Gasteiger partial charge in [0.05, 0.1) is 12.2 Å². The van der Waals surface area contributed by atoms with Crippen LogP contribution in [0.3, 0.4) is 0 Å². The van der Waals surface area contributed by atoms with Crippen molar-refractivity contribution in [1.29, 1.82) is 0 Å². The lowest BCUT2D eigenvalue weighted by atomic mass is 10.1. The van der Waals surface area contributed by atoms with Crippen LogP contribution in [0.5, 0.6) is 0 Å². The molecule has 0 aliphatic rings. The van der Waals surface area contributed by atoms with E-state index in [-0.39, 0.29) is 5.56 Å². The second-order valence-electron chi connectivity index (χ2n) is 4.15. The molecule has 0 fully saturated rings. The summed E-state index contributed by atoms with van der Waals surface area (Å²) in [5.74, 6) is 0. The summed E-state index contributed by atoms with van der Waals surface area (Å²) >= 11 is 4.98. The molecule has 104 valence electrons.